The second-order valence-corrected chi connectivity index (χ2v) is 7.11. The Balaban J connectivity index is 1.68. The average molecular weight is 408 g/mol. The van der Waals surface area contributed by atoms with Crippen molar-refractivity contribution in [2.45, 2.75) is 13.5 Å². The Morgan fingerprint density at radius 3 is 2.55 bits per heavy atom. The maximum atomic E-state index is 6.13. The van der Waals surface area contributed by atoms with Gasteiger partial charge in [0.2, 0.25) is 5.95 Å². The molecule has 0 amide bonds. The first-order valence-electron chi connectivity index (χ1n) is 9.90. The molecule has 152 valence electrons. The van der Waals surface area contributed by atoms with Gasteiger partial charge in [0, 0.05) is 18.1 Å². The van der Waals surface area contributed by atoms with E-state index in [2.05, 4.69) is 15.0 Å². The lowest BCUT2D eigenvalue weighted by Crippen LogP contribution is -2.00. The summed E-state index contributed by atoms with van der Waals surface area (Å²) in [6, 6.07) is 21.5. The molecule has 0 bridgehead atoms. The van der Waals surface area contributed by atoms with E-state index in [4.69, 9.17) is 15.5 Å². The molecule has 7 heteroatoms. The highest BCUT2D eigenvalue weighted by atomic mass is 16.5. The molecule has 0 aliphatic carbocycles. The summed E-state index contributed by atoms with van der Waals surface area (Å²) in [5.74, 6) is 0.876. The van der Waals surface area contributed by atoms with Gasteiger partial charge in [0.15, 0.2) is 11.4 Å². The first-order chi connectivity index (χ1) is 15.2. The lowest BCUT2D eigenvalue weighted by Gasteiger charge is -2.08. The quantitative estimate of drug-likeness (QED) is 0.466. The topological polar surface area (TPSA) is 91.2 Å². The van der Waals surface area contributed by atoms with Crippen molar-refractivity contribution in [1.29, 1.82) is 0 Å². The zero-order valence-electron chi connectivity index (χ0n) is 16.9. The van der Waals surface area contributed by atoms with E-state index in [0.717, 1.165) is 22.6 Å². The van der Waals surface area contributed by atoms with Gasteiger partial charge in [0.25, 0.3) is 0 Å². The lowest BCUT2D eigenvalue weighted by molar-refractivity contribution is 0.308. The van der Waals surface area contributed by atoms with Gasteiger partial charge in [0.1, 0.15) is 18.0 Å². The summed E-state index contributed by atoms with van der Waals surface area (Å²) in [6.45, 7) is 2.40. The molecule has 0 atom stereocenters. The minimum absolute atomic E-state index is 0.201. The Labute approximate surface area is 179 Å². The van der Waals surface area contributed by atoms with Gasteiger partial charge >= 0.3 is 0 Å². The number of nitrogens with two attached hydrogens (primary N) is 1. The summed E-state index contributed by atoms with van der Waals surface area (Å²) in [5.41, 5.74) is 11.5. The first-order valence-corrected chi connectivity index (χ1v) is 9.90. The van der Waals surface area contributed by atoms with Crippen LogP contribution in [-0.4, -0.2) is 24.3 Å². The smallest absolute Gasteiger partial charge is 0.220 e. The van der Waals surface area contributed by atoms with Crippen LogP contribution in [0, 0.1) is 6.92 Å². The van der Waals surface area contributed by atoms with E-state index in [1.54, 1.807) is 6.20 Å². The SMILES string of the molecule is Cc1cccc(-c2nc3c(OCc4ccccc4)cccn3c2-c2ccnc(N)n2)n1. The molecule has 0 saturated carbocycles. The Morgan fingerprint density at radius 1 is 0.871 bits per heavy atom. The standard InChI is InChI=1S/C24H20N6O/c1-16-7-5-10-18(27-16)21-22(19-12-13-26-24(25)28-19)30-14-6-11-20(23(30)29-21)31-15-17-8-3-2-4-9-17/h2-14H,15H2,1H3,(H2,25,26,28). The van der Waals surface area contributed by atoms with Crippen LogP contribution in [0.15, 0.2) is 79.1 Å². The van der Waals surface area contributed by atoms with Crippen LogP contribution in [0.25, 0.3) is 28.4 Å². The fourth-order valence-electron chi connectivity index (χ4n) is 3.49. The van der Waals surface area contributed by atoms with Crippen molar-refractivity contribution in [3.05, 3.63) is 90.4 Å². The third-order valence-electron chi connectivity index (χ3n) is 4.90. The second kappa shape index (κ2) is 7.87. The predicted molar refractivity (Wildman–Crippen MR) is 119 cm³/mol. The number of aromatic nitrogens is 5. The average Bonchev–Trinajstić information content (AvgIpc) is 3.19. The van der Waals surface area contributed by atoms with Gasteiger partial charge in [0.05, 0.1) is 11.4 Å². The summed E-state index contributed by atoms with van der Waals surface area (Å²) in [4.78, 5) is 18.1. The fourth-order valence-corrected chi connectivity index (χ4v) is 3.49. The number of ether oxygens (including phenoxy) is 1. The number of fused-ring (bicyclic) bond motifs is 1. The largest absolute Gasteiger partial charge is 0.485 e. The number of anilines is 1. The van der Waals surface area contributed by atoms with Crippen LogP contribution in [0.1, 0.15) is 11.3 Å². The van der Waals surface area contributed by atoms with Gasteiger partial charge in [-0.15, -0.1) is 0 Å². The Morgan fingerprint density at radius 2 is 1.74 bits per heavy atom. The fraction of sp³-hybridized carbons (Fsp3) is 0.0833. The Bertz CT molecular complexity index is 1360. The van der Waals surface area contributed by atoms with E-state index in [0.29, 0.717) is 29.4 Å². The molecule has 5 rings (SSSR count). The van der Waals surface area contributed by atoms with Gasteiger partial charge in [-0.2, -0.15) is 0 Å². The molecule has 7 nitrogen and oxygen atoms in total. The van der Waals surface area contributed by atoms with Crippen molar-refractivity contribution in [3.63, 3.8) is 0 Å². The summed E-state index contributed by atoms with van der Waals surface area (Å²) in [6.07, 6.45) is 3.57. The molecule has 0 spiro atoms. The van der Waals surface area contributed by atoms with E-state index >= 15 is 0 Å². The highest BCUT2D eigenvalue weighted by molar-refractivity contribution is 5.80. The number of imidazole rings is 1. The highest BCUT2D eigenvalue weighted by Gasteiger charge is 2.20. The monoisotopic (exact) mass is 408 g/mol. The lowest BCUT2D eigenvalue weighted by atomic mass is 10.1. The summed E-state index contributed by atoms with van der Waals surface area (Å²) in [5, 5.41) is 0. The van der Waals surface area contributed by atoms with Gasteiger partial charge in [-0.1, -0.05) is 36.4 Å². The highest BCUT2D eigenvalue weighted by Crippen LogP contribution is 2.34. The zero-order valence-corrected chi connectivity index (χ0v) is 16.9. The van der Waals surface area contributed by atoms with Gasteiger partial charge < -0.3 is 10.5 Å². The molecule has 2 N–H and O–H groups in total. The summed E-state index contributed by atoms with van der Waals surface area (Å²) < 4.78 is 8.09. The van der Waals surface area contributed by atoms with Crippen LogP contribution in [-0.2, 0) is 6.61 Å². The van der Waals surface area contributed by atoms with Crippen molar-refractivity contribution in [1.82, 2.24) is 24.3 Å². The number of hydrogen-bond acceptors (Lipinski definition) is 6. The van der Waals surface area contributed by atoms with Crippen molar-refractivity contribution < 1.29 is 4.74 Å². The Kier molecular flexibility index (Phi) is 4.76. The van der Waals surface area contributed by atoms with Crippen LogP contribution < -0.4 is 10.5 Å². The molecule has 31 heavy (non-hydrogen) atoms. The van der Waals surface area contributed by atoms with Crippen LogP contribution in [0.3, 0.4) is 0 Å². The molecule has 4 aromatic heterocycles. The third kappa shape index (κ3) is 3.69. The van der Waals surface area contributed by atoms with E-state index in [1.807, 2.05) is 84.3 Å². The number of rotatable bonds is 5. The molecule has 0 aliphatic heterocycles. The minimum Gasteiger partial charge on any atom is -0.485 e. The van der Waals surface area contributed by atoms with E-state index < -0.39 is 0 Å². The first kappa shape index (κ1) is 18.7. The Hall–Kier alpha value is -4.26. The van der Waals surface area contributed by atoms with Gasteiger partial charge in [-0.25, -0.2) is 15.0 Å². The second-order valence-electron chi connectivity index (χ2n) is 7.11. The van der Waals surface area contributed by atoms with E-state index in [-0.39, 0.29) is 5.95 Å². The van der Waals surface area contributed by atoms with E-state index in [1.165, 1.54) is 0 Å². The molecule has 0 saturated heterocycles. The zero-order chi connectivity index (χ0) is 21.2. The minimum atomic E-state index is 0.201. The molecule has 4 heterocycles. The maximum absolute atomic E-state index is 6.13. The normalized spacial score (nSPS) is 11.0. The van der Waals surface area contributed by atoms with Crippen LogP contribution >= 0.6 is 0 Å². The molecule has 0 radical (unpaired) electrons. The van der Waals surface area contributed by atoms with Gasteiger partial charge in [-0.05, 0) is 42.8 Å². The predicted octanol–water partition coefficient (Wildman–Crippen LogP) is 4.32. The third-order valence-corrected chi connectivity index (χ3v) is 4.90. The number of aryl methyl sites for hydroxylation is 1. The molecule has 0 fully saturated rings. The van der Waals surface area contributed by atoms with Crippen molar-refractivity contribution in [2.24, 2.45) is 0 Å². The van der Waals surface area contributed by atoms with Crippen molar-refractivity contribution >= 4 is 11.6 Å². The molecule has 1 aromatic carbocycles. The number of nitrogen functional groups attached to an aromatic ring is 1. The number of benzene rings is 1. The van der Waals surface area contributed by atoms with Crippen LogP contribution in [0.5, 0.6) is 5.75 Å². The summed E-state index contributed by atoms with van der Waals surface area (Å²) in [7, 11) is 0. The van der Waals surface area contributed by atoms with E-state index in [9.17, 15) is 0 Å². The van der Waals surface area contributed by atoms with Crippen molar-refractivity contribution in [2.75, 3.05) is 5.73 Å². The molecule has 5 aromatic rings. The van der Waals surface area contributed by atoms with Gasteiger partial charge in [-0.3, -0.25) is 9.38 Å². The number of hydrogen-bond donors (Lipinski definition) is 1. The molecular formula is C24H20N6O. The van der Waals surface area contributed by atoms with Crippen molar-refractivity contribution in [3.8, 4) is 28.5 Å². The van der Waals surface area contributed by atoms with Crippen LogP contribution in [0.2, 0.25) is 0 Å². The molecular weight excluding hydrogens is 388 g/mol. The maximum Gasteiger partial charge on any atom is 0.220 e. The number of nitrogens with zero attached hydrogens (tertiary/aromatic N) is 5. The summed E-state index contributed by atoms with van der Waals surface area (Å²) >= 11 is 0. The molecule has 0 unspecified atom stereocenters. The number of pyridine rings is 2. The molecule has 0 aliphatic rings. The van der Waals surface area contributed by atoms with Crippen LogP contribution in [0.4, 0.5) is 5.95 Å².